The molecule has 4 nitrogen and oxygen atoms in total. The second-order valence-corrected chi connectivity index (χ2v) is 3.96. The maximum Gasteiger partial charge on any atom is 0.338 e. The van der Waals surface area contributed by atoms with Crippen molar-refractivity contribution in [2.24, 2.45) is 0 Å². The molecule has 0 saturated heterocycles. The first-order valence-corrected chi connectivity index (χ1v) is 6.19. The molecule has 0 unspecified atom stereocenters. The number of alkyl halides is 1. The lowest BCUT2D eigenvalue weighted by Crippen LogP contribution is -2.10. The van der Waals surface area contributed by atoms with Crippen molar-refractivity contribution in [1.82, 2.24) is 0 Å². The third-order valence-corrected chi connectivity index (χ3v) is 2.78. The molecule has 0 fully saturated rings. The van der Waals surface area contributed by atoms with Crippen LogP contribution in [0.5, 0.6) is 0 Å². The molecule has 0 bridgehead atoms. The fourth-order valence-corrected chi connectivity index (χ4v) is 1.98. The SMILES string of the molecule is CCOC(=O)c1cccc(CCC(=O)O)c1CCl. The summed E-state index contributed by atoms with van der Waals surface area (Å²) in [5.74, 6) is -1.15. The Bertz CT molecular complexity index is 443. The molecule has 1 aromatic carbocycles. The molecule has 0 atom stereocenters. The molecule has 18 heavy (non-hydrogen) atoms. The molecule has 0 aliphatic carbocycles. The highest BCUT2D eigenvalue weighted by Gasteiger charge is 2.15. The Morgan fingerprint density at radius 2 is 2.11 bits per heavy atom. The van der Waals surface area contributed by atoms with Crippen molar-refractivity contribution in [1.29, 1.82) is 0 Å². The number of hydrogen-bond donors (Lipinski definition) is 1. The van der Waals surface area contributed by atoms with E-state index in [1.807, 2.05) is 0 Å². The second kappa shape index (κ2) is 7.01. The van der Waals surface area contributed by atoms with Gasteiger partial charge in [-0.3, -0.25) is 4.79 Å². The van der Waals surface area contributed by atoms with Gasteiger partial charge in [0, 0.05) is 12.3 Å². The van der Waals surface area contributed by atoms with Crippen LogP contribution >= 0.6 is 11.6 Å². The summed E-state index contributed by atoms with van der Waals surface area (Å²) in [4.78, 5) is 22.3. The highest BCUT2D eigenvalue weighted by molar-refractivity contribution is 6.17. The molecule has 1 aromatic rings. The van der Waals surface area contributed by atoms with E-state index in [0.717, 1.165) is 5.56 Å². The number of carbonyl (C=O) groups excluding carboxylic acids is 1. The molecular weight excluding hydrogens is 256 g/mol. The lowest BCUT2D eigenvalue weighted by atomic mass is 9.99. The van der Waals surface area contributed by atoms with Crippen molar-refractivity contribution in [3.8, 4) is 0 Å². The molecule has 1 N–H and O–H groups in total. The summed E-state index contributed by atoms with van der Waals surface area (Å²) in [5.41, 5.74) is 1.84. The monoisotopic (exact) mass is 270 g/mol. The third-order valence-electron chi connectivity index (χ3n) is 2.51. The largest absolute Gasteiger partial charge is 0.481 e. The summed E-state index contributed by atoms with van der Waals surface area (Å²) < 4.78 is 4.94. The van der Waals surface area contributed by atoms with Crippen LogP contribution in [0.3, 0.4) is 0 Å². The number of carbonyl (C=O) groups is 2. The summed E-state index contributed by atoms with van der Waals surface area (Å²) in [6, 6.07) is 5.13. The molecule has 1 rings (SSSR count). The van der Waals surface area contributed by atoms with Crippen molar-refractivity contribution in [3.05, 3.63) is 34.9 Å². The number of aryl methyl sites for hydroxylation is 1. The lowest BCUT2D eigenvalue weighted by Gasteiger charge is -2.11. The van der Waals surface area contributed by atoms with Gasteiger partial charge < -0.3 is 9.84 Å². The summed E-state index contributed by atoms with van der Waals surface area (Å²) >= 11 is 5.84. The molecule has 0 aliphatic heterocycles. The molecule has 0 aromatic heterocycles. The first kappa shape index (κ1) is 14.5. The average molecular weight is 271 g/mol. The van der Waals surface area contributed by atoms with Gasteiger partial charge in [-0.2, -0.15) is 0 Å². The Labute approximate surface area is 111 Å². The molecule has 0 saturated carbocycles. The maximum atomic E-state index is 11.7. The Morgan fingerprint density at radius 3 is 2.67 bits per heavy atom. The predicted molar refractivity (Wildman–Crippen MR) is 67.9 cm³/mol. The van der Waals surface area contributed by atoms with Gasteiger partial charge in [-0.15, -0.1) is 11.6 Å². The van der Waals surface area contributed by atoms with Crippen LogP contribution in [0.25, 0.3) is 0 Å². The number of carboxylic acid groups (broad SMARTS) is 1. The van der Waals surface area contributed by atoms with Crippen LogP contribution in [-0.2, 0) is 21.8 Å². The van der Waals surface area contributed by atoms with Crippen LogP contribution in [0, 0.1) is 0 Å². The zero-order valence-corrected chi connectivity index (χ0v) is 10.9. The number of hydrogen-bond acceptors (Lipinski definition) is 3. The summed E-state index contributed by atoms with van der Waals surface area (Å²) in [5, 5.41) is 8.68. The summed E-state index contributed by atoms with van der Waals surface area (Å²) in [6.45, 7) is 2.02. The second-order valence-electron chi connectivity index (χ2n) is 3.69. The van der Waals surface area contributed by atoms with E-state index in [2.05, 4.69) is 0 Å². The van der Waals surface area contributed by atoms with Crippen LogP contribution in [0.1, 0.15) is 34.8 Å². The number of benzene rings is 1. The van der Waals surface area contributed by atoms with Crippen LogP contribution in [0.15, 0.2) is 18.2 Å². The first-order chi connectivity index (χ1) is 8.60. The molecule has 0 heterocycles. The van der Waals surface area contributed by atoms with Gasteiger partial charge in [0.1, 0.15) is 0 Å². The fraction of sp³-hybridized carbons (Fsp3) is 0.385. The van der Waals surface area contributed by atoms with Gasteiger partial charge in [-0.05, 0) is 30.5 Å². The van der Waals surface area contributed by atoms with E-state index in [4.69, 9.17) is 21.4 Å². The van der Waals surface area contributed by atoms with Gasteiger partial charge in [0.15, 0.2) is 0 Å². The zero-order chi connectivity index (χ0) is 13.5. The number of esters is 1. The average Bonchev–Trinajstić information content (AvgIpc) is 2.35. The minimum atomic E-state index is -0.878. The Kier molecular flexibility index (Phi) is 5.65. The van der Waals surface area contributed by atoms with E-state index in [1.54, 1.807) is 25.1 Å². The lowest BCUT2D eigenvalue weighted by molar-refractivity contribution is -0.136. The highest BCUT2D eigenvalue weighted by Crippen LogP contribution is 2.20. The van der Waals surface area contributed by atoms with Crippen LogP contribution < -0.4 is 0 Å². The van der Waals surface area contributed by atoms with Gasteiger partial charge in [-0.1, -0.05) is 12.1 Å². The molecule has 0 spiro atoms. The third kappa shape index (κ3) is 3.74. The number of carboxylic acids is 1. The fourth-order valence-electron chi connectivity index (χ4n) is 1.67. The van der Waals surface area contributed by atoms with E-state index in [-0.39, 0.29) is 12.3 Å². The number of halogens is 1. The van der Waals surface area contributed by atoms with E-state index < -0.39 is 11.9 Å². The van der Waals surface area contributed by atoms with Crippen molar-refractivity contribution in [2.45, 2.75) is 25.6 Å². The molecule has 0 radical (unpaired) electrons. The minimum absolute atomic E-state index is 0.0101. The molecule has 5 heteroatoms. The van der Waals surface area contributed by atoms with Crippen molar-refractivity contribution < 1.29 is 19.4 Å². The molecule has 0 amide bonds. The highest BCUT2D eigenvalue weighted by atomic mass is 35.5. The van der Waals surface area contributed by atoms with Crippen molar-refractivity contribution >= 4 is 23.5 Å². The summed E-state index contributed by atoms with van der Waals surface area (Å²) in [6.07, 6.45) is 0.362. The van der Waals surface area contributed by atoms with Crippen LogP contribution in [-0.4, -0.2) is 23.7 Å². The Morgan fingerprint density at radius 1 is 1.39 bits per heavy atom. The molecular formula is C13H15ClO4. The quantitative estimate of drug-likeness (QED) is 0.637. The van der Waals surface area contributed by atoms with Crippen molar-refractivity contribution in [2.75, 3.05) is 6.61 Å². The molecule has 98 valence electrons. The van der Waals surface area contributed by atoms with E-state index >= 15 is 0 Å². The standard InChI is InChI=1S/C13H15ClO4/c1-2-18-13(17)10-5-3-4-9(11(10)8-14)6-7-12(15)16/h3-5H,2,6-8H2,1H3,(H,15,16). The topological polar surface area (TPSA) is 63.6 Å². The van der Waals surface area contributed by atoms with Crippen LogP contribution in [0.4, 0.5) is 0 Å². The number of rotatable bonds is 6. The van der Waals surface area contributed by atoms with Gasteiger partial charge in [0.05, 0.1) is 12.2 Å². The minimum Gasteiger partial charge on any atom is -0.481 e. The van der Waals surface area contributed by atoms with E-state index in [9.17, 15) is 9.59 Å². The number of ether oxygens (including phenoxy) is 1. The van der Waals surface area contributed by atoms with Gasteiger partial charge in [0.2, 0.25) is 0 Å². The van der Waals surface area contributed by atoms with E-state index in [0.29, 0.717) is 24.2 Å². The summed E-state index contributed by atoms with van der Waals surface area (Å²) in [7, 11) is 0. The normalized spacial score (nSPS) is 10.1. The Balaban J connectivity index is 3.01. The first-order valence-electron chi connectivity index (χ1n) is 5.65. The van der Waals surface area contributed by atoms with E-state index in [1.165, 1.54) is 0 Å². The Hall–Kier alpha value is -1.55. The van der Waals surface area contributed by atoms with Crippen molar-refractivity contribution in [3.63, 3.8) is 0 Å². The smallest absolute Gasteiger partial charge is 0.338 e. The molecule has 0 aliphatic rings. The van der Waals surface area contributed by atoms with Crippen LogP contribution in [0.2, 0.25) is 0 Å². The van der Waals surface area contributed by atoms with Gasteiger partial charge in [0.25, 0.3) is 0 Å². The predicted octanol–water partition coefficient (Wildman–Crippen LogP) is 2.62. The number of aliphatic carboxylic acids is 1. The van der Waals surface area contributed by atoms with Gasteiger partial charge in [-0.25, -0.2) is 4.79 Å². The van der Waals surface area contributed by atoms with Gasteiger partial charge >= 0.3 is 11.9 Å². The zero-order valence-electron chi connectivity index (χ0n) is 10.1. The maximum absolute atomic E-state index is 11.7.